The fourth-order valence-electron chi connectivity index (χ4n) is 2.38. The first-order chi connectivity index (χ1) is 11.6. The number of carbonyl (C=O) groups is 1. The van der Waals surface area contributed by atoms with E-state index in [4.69, 9.17) is 0 Å². The largest absolute Gasteiger partial charge is 0.395 e. The van der Waals surface area contributed by atoms with Crippen molar-refractivity contribution in [1.29, 1.82) is 0 Å². The number of carbonyl (C=O) groups excluding carboxylic acids is 1. The lowest BCUT2D eigenvalue weighted by atomic mass is 10.2. The van der Waals surface area contributed by atoms with Crippen molar-refractivity contribution < 1.29 is 9.90 Å². The van der Waals surface area contributed by atoms with Crippen molar-refractivity contribution in [2.45, 2.75) is 13.1 Å². The maximum atomic E-state index is 12.4. The molecule has 2 N–H and O–H groups in total. The molecule has 0 saturated carbocycles. The van der Waals surface area contributed by atoms with Crippen LogP contribution in [-0.2, 0) is 13.1 Å². The van der Waals surface area contributed by atoms with Crippen molar-refractivity contribution in [2.75, 3.05) is 32.1 Å². The minimum atomic E-state index is -0.176. The number of rotatable bonds is 7. The standard InChI is InChI=1S/C19H25N3O2/c1-21(2)18-10-8-16(9-11-18)14-20-19(24)22(12-13-23)15-17-6-4-3-5-7-17/h3-11,23H,12-15H2,1-2H3,(H,20,24). The minimum absolute atomic E-state index is 0.0578. The van der Waals surface area contributed by atoms with Crippen LogP contribution in [-0.4, -0.2) is 43.3 Å². The Morgan fingerprint density at radius 2 is 1.67 bits per heavy atom. The van der Waals surface area contributed by atoms with Gasteiger partial charge in [-0.2, -0.15) is 0 Å². The Labute approximate surface area is 143 Å². The number of amides is 2. The van der Waals surface area contributed by atoms with Crippen LogP contribution in [0.3, 0.4) is 0 Å². The molecule has 2 aromatic carbocycles. The van der Waals surface area contributed by atoms with Gasteiger partial charge in [0.05, 0.1) is 6.61 Å². The minimum Gasteiger partial charge on any atom is -0.395 e. The van der Waals surface area contributed by atoms with Crippen LogP contribution >= 0.6 is 0 Å². The summed E-state index contributed by atoms with van der Waals surface area (Å²) in [4.78, 5) is 16.0. The fraction of sp³-hybridized carbons (Fsp3) is 0.316. The molecular formula is C19H25N3O2. The molecule has 0 heterocycles. The number of urea groups is 1. The van der Waals surface area contributed by atoms with Crippen molar-refractivity contribution in [2.24, 2.45) is 0 Å². The van der Waals surface area contributed by atoms with Gasteiger partial charge < -0.3 is 20.2 Å². The van der Waals surface area contributed by atoms with Gasteiger partial charge in [0.25, 0.3) is 0 Å². The number of hydrogen-bond acceptors (Lipinski definition) is 3. The Morgan fingerprint density at radius 1 is 1.00 bits per heavy atom. The second-order valence-electron chi connectivity index (χ2n) is 5.85. The average Bonchev–Trinajstić information content (AvgIpc) is 2.60. The first-order valence-electron chi connectivity index (χ1n) is 8.04. The highest BCUT2D eigenvalue weighted by Gasteiger charge is 2.13. The van der Waals surface area contributed by atoms with E-state index in [2.05, 4.69) is 5.32 Å². The van der Waals surface area contributed by atoms with Gasteiger partial charge in [-0.1, -0.05) is 42.5 Å². The molecular weight excluding hydrogens is 302 g/mol. The van der Waals surface area contributed by atoms with Gasteiger partial charge >= 0.3 is 6.03 Å². The van der Waals surface area contributed by atoms with Gasteiger partial charge in [0.1, 0.15) is 0 Å². The molecule has 5 nitrogen and oxygen atoms in total. The van der Waals surface area contributed by atoms with E-state index in [0.717, 1.165) is 16.8 Å². The van der Waals surface area contributed by atoms with Gasteiger partial charge in [0, 0.05) is 39.4 Å². The molecule has 0 spiro atoms. The molecule has 0 aliphatic heterocycles. The van der Waals surface area contributed by atoms with E-state index in [0.29, 0.717) is 19.6 Å². The topological polar surface area (TPSA) is 55.8 Å². The van der Waals surface area contributed by atoms with Gasteiger partial charge in [-0.3, -0.25) is 0 Å². The number of benzene rings is 2. The van der Waals surface area contributed by atoms with Crippen molar-refractivity contribution in [3.63, 3.8) is 0 Å². The number of aliphatic hydroxyl groups is 1. The molecule has 5 heteroatoms. The maximum Gasteiger partial charge on any atom is 0.318 e. The molecule has 2 rings (SSSR count). The Balaban J connectivity index is 1.92. The quantitative estimate of drug-likeness (QED) is 0.821. The number of nitrogens with zero attached hydrogens (tertiary/aromatic N) is 2. The Bertz CT molecular complexity index is 627. The molecule has 2 aromatic rings. The van der Waals surface area contributed by atoms with Crippen molar-refractivity contribution >= 4 is 11.7 Å². The summed E-state index contributed by atoms with van der Waals surface area (Å²) in [7, 11) is 3.99. The average molecular weight is 327 g/mol. The predicted octanol–water partition coefficient (Wildman–Crippen LogP) is 2.46. The maximum absolute atomic E-state index is 12.4. The molecule has 0 bridgehead atoms. The summed E-state index contributed by atoms with van der Waals surface area (Å²) in [5.74, 6) is 0. The van der Waals surface area contributed by atoms with Crippen LogP contribution in [0.5, 0.6) is 0 Å². The summed E-state index contributed by atoms with van der Waals surface area (Å²) in [6, 6.07) is 17.6. The molecule has 0 unspecified atom stereocenters. The summed E-state index contributed by atoms with van der Waals surface area (Å²) in [5, 5.41) is 12.1. The van der Waals surface area contributed by atoms with Crippen LogP contribution in [0.15, 0.2) is 54.6 Å². The smallest absolute Gasteiger partial charge is 0.318 e. The van der Waals surface area contributed by atoms with E-state index in [1.807, 2.05) is 73.6 Å². The van der Waals surface area contributed by atoms with Gasteiger partial charge in [0.15, 0.2) is 0 Å². The molecule has 0 aliphatic rings. The van der Waals surface area contributed by atoms with Gasteiger partial charge in [-0.25, -0.2) is 4.79 Å². The molecule has 0 aromatic heterocycles. The zero-order valence-corrected chi connectivity index (χ0v) is 14.3. The van der Waals surface area contributed by atoms with Crippen LogP contribution in [0, 0.1) is 0 Å². The molecule has 0 radical (unpaired) electrons. The van der Waals surface area contributed by atoms with E-state index >= 15 is 0 Å². The molecule has 0 saturated heterocycles. The SMILES string of the molecule is CN(C)c1ccc(CNC(=O)N(CCO)Cc2ccccc2)cc1. The van der Waals surface area contributed by atoms with Crippen molar-refractivity contribution in [3.8, 4) is 0 Å². The lowest BCUT2D eigenvalue weighted by Crippen LogP contribution is -2.40. The highest BCUT2D eigenvalue weighted by Crippen LogP contribution is 2.12. The number of hydrogen-bond donors (Lipinski definition) is 2. The van der Waals surface area contributed by atoms with E-state index in [9.17, 15) is 9.90 Å². The lowest BCUT2D eigenvalue weighted by molar-refractivity contribution is 0.173. The van der Waals surface area contributed by atoms with Gasteiger partial charge in [-0.05, 0) is 23.3 Å². The third kappa shape index (κ3) is 5.28. The number of nitrogens with one attached hydrogen (secondary N) is 1. The van der Waals surface area contributed by atoms with Crippen LogP contribution in [0.1, 0.15) is 11.1 Å². The molecule has 0 aliphatic carbocycles. The molecule has 24 heavy (non-hydrogen) atoms. The molecule has 2 amide bonds. The second kappa shape index (κ2) is 8.93. The van der Waals surface area contributed by atoms with Crippen LogP contribution in [0.2, 0.25) is 0 Å². The Hall–Kier alpha value is -2.53. The summed E-state index contributed by atoms with van der Waals surface area (Å²) in [6.45, 7) is 1.19. The third-order valence-corrected chi connectivity index (χ3v) is 3.77. The summed E-state index contributed by atoms with van der Waals surface area (Å²) in [6.07, 6.45) is 0. The third-order valence-electron chi connectivity index (χ3n) is 3.77. The van der Waals surface area contributed by atoms with Crippen LogP contribution in [0.25, 0.3) is 0 Å². The van der Waals surface area contributed by atoms with E-state index in [-0.39, 0.29) is 12.6 Å². The van der Waals surface area contributed by atoms with Crippen LogP contribution < -0.4 is 10.2 Å². The second-order valence-corrected chi connectivity index (χ2v) is 5.85. The Kier molecular flexibility index (Phi) is 6.63. The van der Waals surface area contributed by atoms with Crippen molar-refractivity contribution in [3.05, 3.63) is 65.7 Å². The molecule has 0 fully saturated rings. The molecule has 128 valence electrons. The predicted molar refractivity (Wildman–Crippen MR) is 96.9 cm³/mol. The molecule has 0 atom stereocenters. The van der Waals surface area contributed by atoms with E-state index in [1.165, 1.54) is 0 Å². The number of anilines is 1. The van der Waals surface area contributed by atoms with E-state index < -0.39 is 0 Å². The zero-order chi connectivity index (χ0) is 17.4. The van der Waals surface area contributed by atoms with Crippen LogP contribution in [0.4, 0.5) is 10.5 Å². The monoisotopic (exact) mass is 327 g/mol. The van der Waals surface area contributed by atoms with Gasteiger partial charge in [-0.15, -0.1) is 0 Å². The zero-order valence-electron chi connectivity index (χ0n) is 14.3. The summed E-state index contributed by atoms with van der Waals surface area (Å²) in [5.41, 5.74) is 3.20. The highest BCUT2D eigenvalue weighted by molar-refractivity contribution is 5.74. The highest BCUT2D eigenvalue weighted by atomic mass is 16.3. The Morgan fingerprint density at radius 3 is 2.25 bits per heavy atom. The first-order valence-corrected chi connectivity index (χ1v) is 8.04. The first kappa shape index (κ1) is 17.8. The summed E-state index contributed by atoms with van der Waals surface area (Å²) >= 11 is 0. The lowest BCUT2D eigenvalue weighted by Gasteiger charge is -2.22. The number of aliphatic hydroxyl groups excluding tert-OH is 1. The van der Waals surface area contributed by atoms with Gasteiger partial charge in [0.2, 0.25) is 0 Å². The normalized spacial score (nSPS) is 10.3. The van der Waals surface area contributed by atoms with E-state index in [1.54, 1.807) is 4.90 Å². The summed E-state index contributed by atoms with van der Waals surface area (Å²) < 4.78 is 0. The van der Waals surface area contributed by atoms with Crippen molar-refractivity contribution in [1.82, 2.24) is 10.2 Å². The fourth-order valence-corrected chi connectivity index (χ4v) is 2.38.